The molecule has 5 rings (SSSR count). The third kappa shape index (κ3) is 3.22. The molecule has 2 aromatic heterocycles. The van der Waals surface area contributed by atoms with Gasteiger partial charge in [0.25, 0.3) is 5.56 Å². The monoisotopic (exact) mass is 405 g/mol. The van der Waals surface area contributed by atoms with Crippen LogP contribution in [0.3, 0.4) is 0 Å². The predicted molar refractivity (Wildman–Crippen MR) is 114 cm³/mol. The molecule has 0 spiro atoms. The topological polar surface area (TPSA) is 72.5 Å². The molecule has 0 bridgehead atoms. The number of carbonyl (C=O) groups excluding carboxylic acids is 1. The molecular weight excluding hydrogens is 378 g/mol. The SMILES string of the molecule is Cc1ccc(-c2nc3n(CC(=O)N4CCC(C)CC4)c4c(c(=O)n3n2)CCC4)cc1. The first-order valence-corrected chi connectivity index (χ1v) is 10.9. The summed E-state index contributed by atoms with van der Waals surface area (Å²) in [6, 6.07) is 7.95. The standard InChI is InChI=1S/C23H27N5O2/c1-15-6-8-17(9-7-15)21-24-23-27(14-20(29)26-12-10-16(2)11-13-26)19-5-3-4-18(19)22(30)28(23)25-21/h6-9,16H,3-5,10-14H2,1-2H3. The number of likely N-dealkylation sites (tertiary alicyclic amines) is 1. The number of aryl methyl sites for hydroxylation is 1. The van der Waals surface area contributed by atoms with Gasteiger partial charge in [-0.25, -0.2) is 0 Å². The van der Waals surface area contributed by atoms with Crippen LogP contribution in [-0.4, -0.2) is 43.1 Å². The van der Waals surface area contributed by atoms with Crippen LogP contribution in [0.1, 0.15) is 43.0 Å². The van der Waals surface area contributed by atoms with Crippen LogP contribution in [0.4, 0.5) is 0 Å². The molecule has 0 atom stereocenters. The van der Waals surface area contributed by atoms with Crippen molar-refractivity contribution in [3.63, 3.8) is 0 Å². The van der Waals surface area contributed by atoms with E-state index < -0.39 is 0 Å². The lowest BCUT2D eigenvalue weighted by Gasteiger charge is -2.30. The van der Waals surface area contributed by atoms with Crippen molar-refractivity contribution < 1.29 is 4.79 Å². The van der Waals surface area contributed by atoms with Crippen LogP contribution in [0.25, 0.3) is 17.2 Å². The number of hydrogen-bond acceptors (Lipinski definition) is 4. The van der Waals surface area contributed by atoms with Crippen LogP contribution >= 0.6 is 0 Å². The summed E-state index contributed by atoms with van der Waals surface area (Å²) in [4.78, 5) is 32.8. The fourth-order valence-corrected chi connectivity index (χ4v) is 4.60. The number of hydrogen-bond donors (Lipinski definition) is 0. The summed E-state index contributed by atoms with van der Waals surface area (Å²) >= 11 is 0. The number of aromatic nitrogens is 4. The molecule has 1 aliphatic heterocycles. The highest BCUT2D eigenvalue weighted by molar-refractivity contribution is 5.77. The van der Waals surface area contributed by atoms with Crippen molar-refractivity contribution >= 4 is 11.7 Å². The van der Waals surface area contributed by atoms with Crippen molar-refractivity contribution in [3.05, 3.63) is 51.4 Å². The van der Waals surface area contributed by atoms with Gasteiger partial charge in [-0.1, -0.05) is 36.8 Å². The van der Waals surface area contributed by atoms with Gasteiger partial charge in [-0.15, -0.1) is 5.10 Å². The van der Waals surface area contributed by atoms with Crippen molar-refractivity contribution in [3.8, 4) is 11.4 Å². The van der Waals surface area contributed by atoms with E-state index in [-0.39, 0.29) is 18.0 Å². The number of rotatable bonds is 3. The maximum absolute atomic E-state index is 13.1. The lowest BCUT2D eigenvalue weighted by molar-refractivity contribution is -0.133. The number of amides is 1. The van der Waals surface area contributed by atoms with Gasteiger partial charge >= 0.3 is 0 Å². The highest BCUT2D eigenvalue weighted by Gasteiger charge is 2.27. The number of piperidine rings is 1. The molecule has 1 saturated heterocycles. The van der Waals surface area contributed by atoms with Gasteiger partial charge in [-0.05, 0) is 44.9 Å². The molecule has 3 aromatic rings. The minimum atomic E-state index is -0.0983. The largest absolute Gasteiger partial charge is 0.341 e. The molecule has 1 fully saturated rings. The van der Waals surface area contributed by atoms with Crippen molar-refractivity contribution in [2.45, 2.75) is 52.5 Å². The summed E-state index contributed by atoms with van der Waals surface area (Å²) in [6.45, 7) is 6.09. The molecule has 7 heteroatoms. The Hall–Kier alpha value is -2.96. The molecule has 1 aliphatic carbocycles. The second kappa shape index (κ2) is 7.38. The van der Waals surface area contributed by atoms with E-state index in [1.807, 2.05) is 40.7 Å². The zero-order valence-electron chi connectivity index (χ0n) is 17.6. The van der Waals surface area contributed by atoms with Gasteiger partial charge in [0.2, 0.25) is 11.7 Å². The molecule has 30 heavy (non-hydrogen) atoms. The quantitative estimate of drug-likeness (QED) is 0.672. The van der Waals surface area contributed by atoms with Gasteiger partial charge in [-0.3, -0.25) is 9.59 Å². The summed E-state index contributed by atoms with van der Waals surface area (Å²) in [6.07, 6.45) is 4.56. The number of benzene rings is 1. The second-order valence-electron chi connectivity index (χ2n) is 8.75. The smallest absolute Gasteiger partial charge is 0.279 e. The summed E-state index contributed by atoms with van der Waals surface area (Å²) in [7, 11) is 0. The molecule has 1 amide bonds. The van der Waals surface area contributed by atoms with Crippen molar-refractivity contribution in [1.82, 2.24) is 24.1 Å². The Labute approximate surface area is 175 Å². The van der Waals surface area contributed by atoms with Crippen LogP contribution in [0.15, 0.2) is 29.1 Å². The van der Waals surface area contributed by atoms with E-state index in [0.29, 0.717) is 17.5 Å². The highest BCUT2D eigenvalue weighted by Crippen LogP contribution is 2.23. The van der Waals surface area contributed by atoms with Gasteiger partial charge in [0.1, 0.15) is 6.54 Å². The zero-order valence-corrected chi connectivity index (χ0v) is 17.6. The van der Waals surface area contributed by atoms with Crippen molar-refractivity contribution in [2.24, 2.45) is 5.92 Å². The number of nitrogens with zero attached hydrogens (tertiary/aromatic N) is 5. The minimum absolute atomic E-state index is 0.0983. The molecule has 0 radical (unpaired) electrons. The average Bonchev–Trinajstić information content (AvgIpc) is 3.40. The van der Waals surface area contributed by atoms with E-state index in [4.69, 9.17) is 4.98 Å². The second-order valence-corrected chi connectivity index (χ2v) is 8.75. The first kappa shape index (κ1) is 19.0. The highest BCUT2D eigenvalue weighted by atomic mass is 16.2. The third-order valence-electron chi connectivity index (χ3n) is 6.54. The Morgan fingerprint density at radius 1 is 1.13 bits per heavy atom. The molecule has 2 aliphatic rings. The van der Waals surface area contributed by atoms with Gasteiger partial charge in [0.15, 0.2) is 5.82 Å². The summed E-state index contributed by atoms with van der Waals surface area (Å²) in [5.74, 6) is 1.76. The molecular formula is C23H27N5O2. The number of carbonyl (C=O) groups is 1. The third-order valence-corrected chi connectivity index (χ3v) is 6.54. The van der Waals surface area contributed by atoms with Crippen LogP contribution in [0, 0.1) is 12.8 Å². The van der Waals surface area contributed by atoms with Crippen LogP contribution in [0.5, 0.6) is 0 Å². The van der Waals surface area contributed by atoms with E-state index in [1.165, 1.54) is 4.52 Å². The first-order valence-electron chi connectivity index (χ1n) is 10.9. The molecule has 1 aromatic carbocycles. The lowest BCUT2D eigenvalue weighted by Crippen LogP contribution is -2.40. The Bertz CT molecular complexity index is 1170. The lowest BCUT2D eigenvalue weighted by atomic mass is 9.99. The average molecular weight is 406 g/mol. The van der Waals surface area contributed by atoms with Crippen molar-refractivity contribution in [2.75, 3.05) is 13.1 Å². The Morgan fingerprint density at radius 3 is 2.60 bits per heavy atom. The number of fused-ring (bicyclic) bond motifs is 2. The Balaban J connectivity index is 1.58. The van der Waals surface area contributed by atoms with Gasteiger partial charge < -0.3 is 9.47 Å². The van der Waals surface area contributed by atoms with Gasteiger partial charge in [-0.2, -0.15) is 9.50 Å². The fourth-order valence-electron chi connectivity index (χ4n) is 4.60. The molecule has 0 saturated carbocycles. The van der Waals surface area contributed by atoms with Gasteiger partial charge in [0, 0.05) is 29.9 Å². The first-order chi connectivity index (χ1) is 14.5. The maximum atomic E-state index is 13.1. The fraction of sp³-hybridized carbons (Fsp3) is 0.478. The normalized spacial score (nSPS) is 16.9. The van der Waals surface area contributed by atoms with E-state index in [2.05, 4.69) is 12.0 Å². The molecule has 0 unspecified atom stereocenters. The van der Waals surface area contributed by atoms with E-state index in [9.17, 15) is 9.59 Å². The zero-order chi connectivity index (χ0) is 20.8. The molecule has 156 valence electrons. The molecule has 3 heterocycles. The van der Waals surface area contributed by atoms with Crippen LogP contribution in [0.2, 0.25) is 0 Å². The Morgan fingerprint density at radius 2 is 1.87 bits per heavy atom. The van der Waals surface area contributed by atoms with E-state index in [1.54, 1.807) is 0 Å². The van der Waals surface area contributed by atoms with Gasteiger partial charge in [0.05, 0.1) is 0 Å². The van der Waals surface area contributed by atoms with Crippen molar-refractivity contribution in [1.29, 1.82) is 0 Å². The predicted octanol–water partition coefficient (Wildman–Crippen LogP) is 2.61. The molecule has 0 N–H and O–H groups in total. The summed E-state index contributed by atoms with van der Waals surface area (Å²) in [5.41, 5.74) is 3.66. The van der Waals surface area contributed by atoms with E-state index in [0.717, 1.165) is 67.6 Å². The summed E-state index contributed by atoms with van der Waals surface area (Å²) < 4.78 is 3.33. The maximum Gasteiger partial charge on any atom is 0.279 e. The summed E-state index contributed by atoms with van der Waals surface area (Å²) in [5, 5.41) is 4.53. The Kier molecular flexibility index (Phi) is 4.68. The van der Waals surface area contributed by atoms with Crippen LogP contribution < -0.4 is 5.56 Å². The molecule has 7 nitrogen and oxygen atoms in total. The van der Waals surface area contributed by atoms with Crippen LogP contribution in [-0.2, 0) is 24.2 Å². The minimum Gasteiger partial charge on any atom is -0.341 e. The van der Waals surface area contributed by atoms with E-state index >= 15 is 0 Å².